The van der Waals surface area contributed by atoms with Crippen LogP contribution in [0.5, 0.6) is 0 Å². The van der Waals surface area contributed by atoms with Crippen LogP contribution in [0.1, 0.15) is 19.3 Å². The third-order valence-corrected chi connectivity index (χ3v) is 3.91. The van der Waals surface area contributed by atoms with Gasteiger partial charge in [-0.1, -0.05) is 27.7 Å². The Kier molecular flexibility index (Phi) is 4.37. The predicted molar refractivity (Wildman–Crippen MR) is 50.2 cm³/mol. The molecule has 1 unspecified atom stereocenters. The molecule has 0 saturated heterocycles. The topological polar surface area (TPSA) is 40.5 Å². The maximum absolute atomic E-state index is 8.55. The summed E-state index contributed by atoms with van der Waals surface area (Å²) in [5.41, 5.74) is 0. The van der Waals surface area contributed by atoms with Crippen molar-refractivity contribution in [2.24, 2.45) is 0 Å². The fourth-order valence-electron chi connectivity index (χ4n) is 0.901. The molecule has 1 atom stereocenters. The largest absolute Gasteiger partial charge is 0.368 e. The van der Waals surface area contributed by atoms with Crippen LogP contribution in [0, 0.1) is 0 Å². The van der Waals surface area contributed by atoms with E-state index in [0.717, 1.165) is 12.8 Å². The van der Waals surface area contributed by atoms with Gasteiger partial charge in [0.15, 0.2) is 6.29 Å². The minimum absolute atomic E-state index is 0.496. The summed E-state index contributed by atoms with van der Waals surface area (Å²) in [5.74, 6) is 0. The van der Waals surface area contributed by atoms with E-state index in [1.807, 2.05) is 10.8 Å². The van der Waals surface area contributed by atoms with Crippen LogP contribution in [0.3, 0.4) is 0 Å². The second-order valence-corrected chi connectivity index (χ2v) is 4.89. The van der Waals surface area contributed by atoms with Gasteiger partial charge in [0.05, 0.1) is 0 Å². The zero-order chi connectivity index (χ0) is 8.10. The lowest BCUT2D eigenvalue weighted by atomic mass is 10.2. The molecule has 1 rings (SSSR count). The smallest absolute Gasteiger partial charge is 0.151 e. The Labute approximate surface area is 74.5 Å². The molecule has 1 heterocycles. The van der Waals surface area contributed by atoms with E-state index in [-0.39, 0.29) is 0 Å². The van der Waals surface area contributed by atoms with Crippen LogP contribution in [0.25, 0.3) is 0 Å². The second kappa shape index (κ2) is 5.09. The monoisotopic (exact) mass is 192 g/mol. The molecule has 4 heteroatoms. The number of aliphatic hydroxyl groups excluding tert-OH is 1. The Hall–Kier alpha value is 0.360. The van der Waals surface area contributed by atoms with Gasteiger partial charge in [-0.25, -0.2) is 0 Å². The lowest BCUT2D eigenvalue weighted by Gasteiger charge is -2.06. The normalized spacial score (nSPS) is 23.4. The highest BCUT2D eigenvalue weighted by Gasteiger charge is 2.10. The molecular formula is C7H12O2S2. The minimum Gasteiger partial charge on any atom is -0.368 e. The molecule has 0 saturated carbocycles. The van der Waals surface area contributed by atoms with Gasteiger partial charge in [0.1, 0.15) is 0 Å². The molecule has 0 amide bonds. The quantitative estimate of drug-likeness (QED) is 0.526. The zero-order valence-electron chi connectivity index (χ0n) is 6.14. The SMILES string of the molecule is OC(O)CCCC1C=CSS1. The van der Waals surface area contributed by atoms with E-state index in [9.17, 15) is 0 Å². The van der Waals surface area contributed by atoms with E-state index in [0.29, 0.717) is 11.7 Å². The van der Waals surface area contributed by atoms with Crippen molar-refractivity contribution in [2.75, 3.05) is 0 Å². The summed E-state index contributed by atoms with van der Waals surface area (Å²) in [7, 11) is 3.59. The van der Waals surface area contributed by atoms with Crippen molar-refractivity contribution in [3.8, 4) is 0 Å². The molecule has 0 aromatic heterocycles. The lowest BCUT2D eigenvalue weighted by molar-refractivity contribution is -0.0464. The lowest BCUT2D eigenvalue weighted by Crippen LogP contribution is -2.05. The van der Waals surface area contributed by atoms with Crippen LogP contribution in [0.4, 0.5) is 0 Å². The van der Waals surface area contributed by atoms with Gasteiger partial charge in [-0.15, -0.1) is 0 Å². The first-order chi connectivity index (χ1) is 5.29. The number of aliphatic hydroxyl groups is 2. The zero-order valence-corrected chi connectivity index (χ0v) is 7.77. The molecule has 0 aromatic rings. The highest BCUT2D eigenvalue weighted by atomic mass is 33.1. The van der Waals surface area contributed by atoms with Gasteiger partial charge in [-0.2, -0.15) is 0 Å². The molecule has 0 aromatic carbocycles. The van der Waals surface area contributed by atoms with Gasteiger partial charge in [-0.3, -0.25) is 0 Å². The molecular weight excluding hydrogens is 180 g/mol. The molecule has 0 fully saturated rings. The molecule has 0 bridgehead atoms. The highest BCUT2D eigenvalue weighted by Crippen LogP contribution is 2.37. The maximum Gasteiger partial charge on any atom is 0.151 e. The Balaban J connectivity index is 1.98. The fourth-order valence-corrected chi connectivity index (χ4v) is 3.16. The summed E-state index contributed by atoms with van der Waals surface area (Å²) in [4.78, 5) is 0. The summed E-state index contributed by atoms with van der Waals surface area (Å²) >= 11 is 0. The molecule has 11 heavy (non-hydrogen) atoms. The molecule has 2 N–H and O–H groups in total. The van der Waals surface area contributed by atoms with Crippen LogP contribution in [-0.4, -0.2) is 21.8 Å². The average Bonchev–Trinajstić information content (AvgIpc) is 2.39. The van der Waals surface area contributed by atoms with E-state index in [2.05, 4.69) is 11.5 Å². The first kappa shape index (κ1) is 9.45. The summed E-state index contributed by atoms with van der Waals surface area (Å²) < 4.78 is 0. The predicted octanol–water partition coefficient (Wildman–Crippen LogP) is 1.74. The Morgan fingerprint density at radius 2 is 2.27 bits per heavy atom. The van der Waals surface area contributed by atoms with Crippen LogP contribution in [-0.2, 0) is 0 Å². The van der Waals surface area contributed by atoms with E-state index in [1.54, 1.807) is 10.8 Å². The van der Waals surface area contributed by atoms with Crippen molar-refractivity contribution in [1.82, 2.24) is 0 Å². The van der Waals surface area contributed by atoms with E-state index in [4.69, 9.17) is 10.2 Å². The van der Waals surface area contributed by atoms with Gasteiger partial charge in [0.25, 0.3) is 0 Å². The van der Waals surface area contributed by atoms with Crippen LogP contribution < -0.4 is 0 Å². The standard InChI is InChI=1S/C7H12O2S2/c8-7(9)3-1-2-6-4-5-10-11-6/h4-9H,1-3H2. The summed E-state index contributed by atoms with van der Waals surface area (Å²) in [6, 6.07) is 0. The Morgan fingerprint density at radius 1 is 1.45 bits per heavy atom. The first-order valence-corrected chi connectivity index (χ1v) is 5.91. The molecule has 0 spiro atoms. The number of hydrogen-bond acceptors (Lipinski definition) is 4. The molecule has 0 radical (unpaired) electrons. The average molecular weight is 192 g/mol. The molecule has 2 nitrogen and oxygen atoms in total. The van der Waals surface area contributed by atoms with E-state index < -0.39 is 6.29 Å². The van der Waals surface area contributed by atoms with Crippen molar-refractivity contribution in [2.45, 2.75) is 30.8 Å². The van der Waals surface area contributed by atoms with Gasteiger partial charge in [0, 0.05) is 5.25 Å². The third-order valence-electron chi connectivity index (χ3n) is 1.48. The van der Waals surface area contributed by atoms with Crippen molar-refractivity contribution in [3.63, 3.8) is 0 Å². The first-order valence-electron chi connectivity index (χ1n) is 3.64. The maximum atomic E-state index is 8.55. The van der Waals surface area contributed by atoms with Crippen molar-refractivity contribution >= 4 is 21.6 Å². The second-order valence-electron chi connectivity index (χ2n) is 2.47. The summed E-state index contributed by atoms with van der Waals surface area (Å²) in [6.07, 6.45) is 3.47. The summed E-state index contributed by atoms with van der Waals surface area (Å²) in [5, 5.41) is 19.8. The van der Waals surface area contributed by atoms with E-state index in [1.165, 1.54) is 0 Å². The molecule has 1 aliphatic heterocycles. The highest BCUT2D eigenvalue weighted by molar-refractivity contribution is 8.78. The Morgan fingerprint density at radius 3 is 2.82 bits per heavy atom. The third kappa shape index (κ3) is 4.06. The molecule has 1 aliphatic rings. The van der Waals surface area contributed by atoms with Gasteiger partial charge >= 0.3 is 0 Å². The van der Waals surface area contributed by atoms with Gasteiger partial charge in [-0.05, 0) is 24.7 Å². The summed E-state index contributed by atoms with van der Waals surface area (Å²) in [6.45, 7) is 0. The minimum atomic E-state index is -1.13. The van der Waals surface area contributed by atoms with Gasteiger partial charge < -0.3 is 10.2 Å². The van der Waals surface area contributed by atoms with E-state index >= 15 is 0 Å². The Bertz CT molecular complexity index is 136. The number of hydrogen-bond donors (Lipinski definition) is 2. The van der Waals surface area contributed by atoms with Crippen molar-refractivity contribution < 1.29 is 10.2 Å². The van der Waals surface area contributed by atoms with Crippen LogP contribution >= 0.6 is 21.6 Å². The van der Waals surface area contributed by atoms with Gasteiger partial charge in [0.2, 0.25) is 0 Å². The van der Waals surface area contributed by atoms with Crippen LogP contribution in [0.2, 0.25) is 0 Å². The fraction of sp³-hybridized carbons (Fsp3) is 0.714. The molecule has 64 valence electrons. The van der Waals surface area contributed by atoms with Crippen molar-refractivity contribution in [1.29, 1.82) is 0 Å². The number of rotatable bonds is 4. The molecule has 0 aliphatic carbocycles. The van der Waals surface area contributed by atoms with Crippen molar-refractivity contribution in [3.05, 3.63) is 11.5 Å². The van der Waals surface area contributed by atoms with Crippen LogP contribution in [0.15, 0.2) is 11.5 Å².